The first kappa shape index (κ1) is 14.9. The summed E-state index contributed by atoms with van der Waals surface area (Å²) in [7, 11) is 0. The van der Waals surface area contributed by atoms with Gasteiger partial charge in [0.15, 0.2) is 0 Å². The number of carbonyl (C=O) groups excluding carboxylic acids is 1. The quantitative estimate of drug-likeness (QED) is 0.430. The molecule has 1 aromatic carbocycles. The van der Waals surface area contributed by atoms with Crippen molar-refractivity contribution >= 4 is 28.6 Å². The number of amides is 1. The van der Waals surface area contributed by atoms with E-state index in [1.807, 2.05) is 24.3 Å². The summed E-state index contributed by atoms with van der Waals surface area (Å²) >= 11 is 1.72. The van der Waals surface area contributed by atoms with Crippen molar-refractivity contribution < 1.29 is 9.21 Å². The predicted octanol–water partition coefficient (Wildman–Crippen LogP) is 2.01. The summed E-state index contributed by atoms with van der Waals surface area (Å²) in [5, 5.41) is 1.21. The Morgan fingerprint density at radius 2 is 2.20 bits per heavy atom. The maximum Gasteiger partial charge on any atom is 0.269 e. The van der Waals surface area contributed by atoms with Gasteiger partial charge in [-0.05, 0) is 19.0 Å². The molecule has 5 nitrogen and oxygen atoms in total. The summed E-state index contributed by atoms with van der Waals surface area (Å²) in [6, 6.07) is 7.46. The third kappa shape index (κ3) is 3.15. The third-order valence-corrected chi connectivity index (χ3v) is 4.33. The Balaban J connectivity index is 2.29. The first-order chi connectivity index (χ1) is 9.67. The summed E-state index contributed by atoms with van der Waals surface area (Å²) in [5.74, 6) is 6.22. The summed E-state index contributed by atoms with van der Waals surface area (Å²) in [5.41, 5.74) is 8.95. The highest BCUT2D eigenvalue weighted by molar-refractivity contribution is 7.99. The Labute approximate surface area is 122 Å². The predicted molar refractivity (Wildman–Crippen MR) is 82.3 cm³/mol. The Bertz CT molecular complexity index is 597. The number of furan rings is 1. The minimum atomic E-state index is -0.322. The van der Waals surface area contributed by atoms with E-state index in [0.29, 0.717) is 34.5 Å². The molecule has 0 aliphatic heterocycles. The van der Waals surface area contributed by atoms with Crippen LogP contribution in [0.5, 0.6) is 0 Å². The van der Waals surface area contributed by atoms with Crippen molar-refractivity contribution in [1.29, 1.82) is 0 Å². The lowest BCUT2D eigenvalue weighted by molar-refractivity contribution is 0.0953. The Morgan fingerprint density at radius 3 is 2.90 bits per heavy atom. The lowest BCUT2D eigenvalue weighted by Crippen LogP contribution is -2.30. The van der Waals surface area contributed by atoms with Crippen molar-refractivity contribution in [3.63, 3.8) is 0 Å². The topological polar surface area (TPSA) is 94.3 Å². The fourth-order valence-corrected chi connectivity index (χ4v) is 3.00. The highest BCUT2D eigenvalue weighted by Crippen LogP contribution is 2.30. The van der Waals surface area contributed by atoms with E-state index in [1.54, 1.807) is 11.8 Å². The fourth-order valence-electron chi connectivity index (χ4n) is 2.05. The number of benzene rings is 1. The van der Waals surface area contributed by atoms with Crippen LogP contribution in [-0.4, -0.2) is 17.7 Å². The molecular formula is C14H19N3O2S. The summed E-state index contributed by atoms with van der Waals surface area (Å²) < 4.78 is 5.78. The molecular weight excluding hydrogens is 274 g/mol. The molecule has 0 fully saturated rings. The number of thioether (sulfide) groups is 1. The minimum Gasteiger partial charge on any atom is -0.459 e. The molecule has 1 atom stereocenters. The number of carbonyl (C=O) groups is 1. The number of rotatable bonds is 6. The zero-order valence-corrected chi connectivity index (χ0v) is 12.2. The number of fused-ring (bicyclic) bond motifs is 1. The minimum absolute atomic E-state index is 0.322. The number of nitrogen functional groups attached to an aromatic ring is 1. The van der Waals surface area contributed by atoms with Crippen molar-refractivity contribution in [3.8, 4) is 0 Å². The fraction of sp³-hybridized carbons (Fsp3) is 0.357. The van der Waals surface area contributed by atoms with E-state index >= 15 is 0 Å². The van der Waals surface area contributed by atoms with Crippen LogP contribution in [0.25, 0.3) is 11.0 Å². The molecule has 5 N–H and O–H groups in total. The van der Waals surface area contributed by atoms with E-state index in [1.165, 1.54) is 0 Å². The zero-order chi connectivity index (χ0) is 14.5. The molecule has 0 bridgehead atoms. The van der Waals surface area contributed by atoms with E-state index in [9.17, 15) is 4.79 Å². The summed E-state index contributed by atoms with van der Waals surface area (Å²) in [6.45, 7) is 2.77. The highest BCUT2D eigenvalue weighted by atomic mass is 32.2. The first-order valence-corrected chi connectivity index (χ1v) is 7.55. The molecule has 6 heteroatoms. The summed E-state index contributed by atoms with van der Waals surface area (Å²) in [4.78, 5) is 12.0. The Kier molecular flexibility index (Phi) is 5.05. The van der Waals surface area contributed by atoms with E-state index in [-0.39, 0.29) is 5.91 Å². The largest absolute Gasteiger partial charge is 0.459 e. The molecule has 2 rings (SSSR count). The van der Waals surface area contributed by atoms with Gasteiger partial charge in [-0.15, -0.1) is 0 Å². The van der Waals surface area contributed by atoms with Crippen molar-refractivity contribution in [2.75, 3.05) is 6.54 Å². The maximum absolute atomic E-state index is 12.0. The molecule has 108 valence electrons. The standard InChI is InChI=1S/C14H19N3O2S/c1-9(6-7-15)20-8-12-13(14(18)17-16)10-4-2-3-5-11(10)19-12/h2-5,9H,6-8,15-16H2,1H3,(H,17,18). The van der Waals surface area contributed by atoms with Crippen LogP contribution in [0.2, 0.25) is 0 Å². The molecule has 0 radical (unpaired) electrons. The van der Waals surface area contributed by atoms with Crippen LogP contribution < -0.4 is 17.0 Å². The second kappa shape index (κ2) is 6.78. The van der Waals surface area contributed by atoms with Crippen LogP contribution in [0, 0.1) is 0 Å². The molecule has 0 saturated carbocycles. The average molecular weight is 293 g/mol. The maximum atomic E-state index is 12.0. The molecule has 0 spiro atoms. The van der Waals surface area contributed by atoms with E-state index in [0.717, 1.165) is 11.8 Å². The van der Waals surface area contributed by atoms with Crippen LogP contribution in [0.3, 0.4) is 0 Å². The molecule has 1 aromatic heterocycles. The smallest absolute Gasteiger partial charge is 0.269 e. The number of para-hydroxylation sites is 1. The number of hydrazine groups is 1. The third-order valence-electron chi connectivity index (χ3n) is 3.10. The molecule has 0 saturated heterocycles. The number of hydrogen-bond acceptors (Lipinski definition) is 5. The Hall–Kier alpha value is -1.50. The van der Waals surface area contributed by atoms with Crippen molar-refractivity contribution in [3.05, 3.63) is 35.6 Å². The van der Waals surface area contributed by atoms with Gasteiger partial charge in [-0.2, -0.15) is 11.8 Å². The van der Waals surface area contributed by atoms with Crippen molar-refractivity contribution in [1.82, 2.24) is 5.43 Å². The van der Waals surface area contributed by atoms with Gasteiger partial charge in [0.2, 0.25) is 0 Å². The molecule has 20 heavy (non-hydrogen) atoms. The van der Waals surface area contributed by atoms with Gasteiger partial charge < -0.3 is 10.2 Å². The van der Waals surface area contributed by atoms with Crippen molar-refractivity contribution in [2.45, 2.75) is 24.3 Å². The SMILES string of the molecule is CC(CCN)SCc1oc2ccccc2c1C(=O)NN. The lowest BCUT2D eigenvalue weighted by Gasteiger charge is -2.08. The van der Waals surface area contributed by atoms with Gasteiger partial charge in [-0.25, -0.2) is 5.84 Å². The second-order valence-corrected chi connectivity index (χ2v) is 6.00. The van der Waals surface area contributed by atoms with Gasteiger partial charge in [0.1, 0.15) is 11.3 Å². The monoisotopic (exact) mass is 293 g/mol. The van der Waals surface area contributed by atoms with Crippen molar-refractivity contribution in [2.24, 2.45) is 11.6 Å². The zero-order valence-electron chi connectivity index (χ0n) is 11.4. The normalized spacial score (nSPS) is 12.6. The molecule has 2 aromatic rings. The van der Waals surface area contributed by atoms with Crippen LogP contribution in [0.15, 0.2) is 28.7 Å². The molecule has 1 amide bonds. The van der Waals surface area contributed by atoms with Gasteiger partial charge in [-0.1, -0.05) is 25.1 Å². The number of nitrogens with one attached hydrogen (secondary N) is 1. The van der Waals surface area contributed by atoms with E-state index < -0.39 is 0 Å². The lowest BCUT2D eigenvalue weighted by atomic mass is 10.1. The summed E-state index contributed by atoms with van der Waals surface area (Å²) in [6.07, 6.45) is 0.934. The van der Waals surface area contributed by atoms with Crippen LogP contribution in [0.1, 0.15) is 29.5 Å². The number of hydrogen-bond donors (Lipinski definition) is 3. The Morgan fingerprint density at radius 1 is 1.45 bits per heavy atom. The first-order valence-electron chi connectivity index (χ1n) is 6.50. The molecule has 1 heterocycles. The number of nitrogens with two attached hydrogens (primary N) is 2. The van der Waals surface area contributed by atoms with Gasteiger partial charge in [0.25, 0.3) is 5.91 Å². The van der Waals surface area contributed by atoms with Crippen LogP contribution >= 0.6 is 11.8 Å². The average Bonchev–Trinajstić information content (AvgIpc) is 2.83. The molecule has 0 aliphatic carbocycles. The van der Waals surface area contributed by atoms with Crippen LogP contribution in [-0.2, 0) is 5.75 Å². The molecule has 1 unspecified atom stereocenters. The van der Waals surface area contributed by atoms with Crippen LogP contribution in [0.4, 0.5) is 0 Å². The van der Waals surface area contributed by atoms with E-state index in [2.05, 4.69) is 12.3 Å². The highest BCUT2D eigenvalue weighted by Gasteiger charge is 2.20. The second-order valence-electron chi connectivity index (χ2n) is 4.57. The van der Waals surface area contributed by atoms with Gasteiger partial charge >= 0.3 is 0 Å². The van der Waals surface area contributed by atoms with E-state index in [4.69, 9.17) is 16.0 Å². The molecule has 0 aliphatic rings. The van der Waals surface area contributed by atoms with Gasteiger partial charge in [-0.3, -0.25) is 10.2 Å². The van der Waals surface area contributed by atoms with Gasteiger partial charge in [0, 0.05) is 10.6 Å². The van der Waals surface area contributed by atoms with Gasteiger partial charge in [0.05, 0.1) is 11.3 Å².